The minimum atomic E-state index is -3.67. The van der Waals surface area contributed by atoms with Crippen molar-refractivity contribution in [1.29, 1.82) is 0 Å². The average molecular weight is 536 g/mol. The van der Waals surface area contributed by atoms with Gasteiger partial charge in [0.15, 0.2) is 0 Å². The summed E-state index contributed by atoms with van der Waals surface area (Å²) in [5.74, 6) is 1.13. The van der Waals surface area contributed by atoms with Gasteiger partial charge in [-0.1, -0.05) is 24.3 Å². The lowest BCUT2D eigenvalue weighted by atomic mass is 9.47. The van der Waals surface area contributed by atoms with Crippen LogP contribution in [0.15, 0.2) is 78.0 Å². The molecule has 0 aliphatic heterocycles. The maximum atomic E-state index is 13.0. The van der Waals surface area contributed by atoms with E-state index in [-0.39, 0.29) is 27.6 Å². The summed E-state index contributed by atoms with van der Waals surface area (Å²) >= 11 is 7.01. The fourth-order valence-corrected chi connectivity index (χ4v) is 8.86. The van der Waals surface area contributed by atoms with E-state index in [1.54, 1.807) is 60.9 Å². The maximum Gasteiger partial charge on any atom is 0.255 e. The summed E-state index contributed by atoms with van der Waals surface area (Å²) in [5, 5.41) is 2.78. The van der Waals surface area contributed by atoms with Gasteiger partial charge in [0.05, 0.1) is 16.8 Å². The van der Waals surface area contributed by atoms with Crippen LogP contribution in [0.5, 0.6) is 0 Å². The Morgan fingerprint density at radius 3 is 2.30 bits per heavy atom. The number of amides is 1. The van der Waals surface area contributed by atoms with Crippen molar-refractivity contribution in [3.8, 4) is 0 Å². The molecular formula is C29H30ClN3O3S. The highest BCUT2D eigenvalue weighted by molar-refractivity contribution is 7.89. The molecule has 8 heteroatoms. The maximum absolute atomic E-state index is 13.0. The zero-order valence-corrected chi connectivity index (χ0v) is 22.1. The first kappa shape index (κ1) is 24.6. The Labute approximate surface area is 222 Å². The highest BCUT2D eigenvalue weighted by atomic mass is 35.5. The summed E-state index contributed by atoms with van der Waals surface area (Å²) in [6.45, 7) is 0.136. The van der Waals surface area contributed by atoms with Gasteiger partial charge in [-0.05, 0) is 103 Å². The van der Waals surface area contributed by atoms with Crippen LogP contribution in [0.4, 0.5) is 5.69 Å². The number of alkyl halides is 1. The van der Waals surface area contributed by atoms with Crippen molar-refractivity contribution in [2.45, 2.75) is 60.3 Å². The van der Waals surface area contributed by atoms with Crippen LogP contribution < -0.4 is 10.0 Å². The molecule has 1 aromatic heterocycles. The Balaban J connectivity index is 1.10. The summed E-state index contributed by atoms with van der Waals surface area (Å²) in [5.41, 5.74) is 3.17. The summed E-state index contributed by atoms with van der Waals surface area (Å²) < 4.78 is 28.7. The number of hydrogen-bond donors (Lipinski definition) is 2. The van der Waals surface area contributed by atoms with Gasteiger partial charge in [0, 0.05) is 23.2 Å². The molecule has 3 aromatic rings. The van der Waals surface area contributed by atoms with Gasteiger partial charge in [-0.25, -0.2) is 13.1 Å². The largest absolute Gasteiger partial charge is 0.321 e. The Bertz CT molecular complexity index is 1400. The fraction of sp³-hybridized carbons (Fsp3) is 0.379. The van der Waals surface area contributed by atoms with Crippen LogP contribution in [-0.2, 0) is 22.0 Å². The molecule has 7 rings (SSSR count). The molecule has 2 atom stereocenters. The highest BCUT2D eigenvalue weighted by Crippen LogP contribution is 2.64. The lowest BCUT2D eigenvalue weighted by molar-refractivity contribution is 0.00896. The quantitative estimate of drug-likeness (QED) is 0.383. The molecule has 4 saturated carbocycles. The van der Waals surface area contributed by atoms with Crippen molar-refractivity contribution in [1.82, 2.24) is 9.71 Å². The predicted molar refractivity (Wildman–Crippen MR) is 144 cm³/mol. The third-order valence-electron chi connectivity index (χ3n) is 8.37. The number of aromatic nitrogens is 1. The molecule has 1 heterocycles. The van der Waals surface area contributed by atoms with Crippen molar-refractivity contribution in [2.24, 2.45) is 11.8 Å². The molecule has 2 N–H and O–H groups in total. The molecule has 4 fully saturated rings. The molecule has 192 valence electrons. The molecule has 0 saturated heterocycles. The SMILES string of the molecule is O=C(Nc1cccnc1)c1ccc(CNS(=O)(=O)c2ccc(C34CC5CC(CC(Cl)(C5)C3)C4)cc2)cc1. The van der Waals surface area contributed by atoms with Crippen LogP contribution in [-0.4, -0.2) is 24.2 Å². The lowest BCUT2D eigenvalue weighted by Gasteiger charge is -2.60. The summed E-state index contributed by atoms with van der Waals surface area (Å²) in [7, 11) is -3.67. The van der Waals surface area contributed by atoms with Crippen LogP contribution in [0.1, 0.15) is 60.0 Å². The van der Waals surface area contributed by atoms with Gasteiger partial charge in [-0.3, -0.25) is 9.78 Å². The molecule has 4 bridgehead atoms. The second-order valence-corrected chi connectivity index (χ2v) is 13.7. The summed E-state index contributed by atoms with van der Waals surface area (Å²) in [6, 6.07) is 17.8. The van der Waals surface area contributed by atoms with Crippen LogP contribution in [0, 0.1) is 11.8 Å². The van der Waals surface area contributed by atoms with Gasteiger partial charge in [0.25, 0.3) is 5.91 Å². The van der Waals surface area contributed by atoms with E-state index >= 15 is 0 Å². The van der Waals surface area contributed by atoms with E-state index in [9.17, 15) is 13.2 Å². The second kappa shape index (κ2) is 9.22. The van der Waals surface area contributed by atoms with E-state index in [0.29, 0.717) is 23.1 Å². The third-order valence-corrected chi connectivity index (χ3v) is 10.2. The molecular weight excluding hydrogens is 506 g/mol. The van der Waals surface area contributed by atoms with Gasteiger partial charge in [0.2, 0.25) is 10.0 Å². The van der Waals surface area contributed by atoms with E-state index in [4.69, 9.17) is 11.6 Å². The number of nitrogens with zero attached hydrogens (tertiary/aromatic N) is 1. The van der Waals surface area contributed by atoms with Gasteiger partial charge >= 0.3 is 0 Å². The first-order valence-corrected chi connectivity index (χ1v) is 14.7. The normalized spacial score (nSPS) is 28.2. The van der Waals surface area contributed by atoms with Crippen molar-refractivity contribution in [3.63, 3.8) is 0 Å². The molecule has 1 amide bonds. The average Bonchev–Trinajstić information content (AvgIpc) is 2.87. The van der Waals surface area contributed by atoms with Crippen LogP contribution >= 0.6 is 11.6 Å². The molecule has 0 spiro atoms. The van der Waals surface area contributed by atoms with Crippen LogP contribution in [0.3, 0.4) is 0 Å². The van der Waals surface area contributed by atoms with Crippen LogP contribution in [0.25, 0.3) is 0 Å². The molecule has 2 unspecified atom stereocenters. The lowest BCUT2D eigenvalue weighted by Crippen LogP contribution is -2.55. The number of halogens is 1. The molecule has 6 nitrogen and oxygen atoms in total. The number of rotatable bonds is 7. The monoisotopic (exact) mass is 535 g/mol. The third kappa shape index (κ3) is 4.92. The van der Waals surface area contributed by atoms with E-state index < -0.39 is 10.0 Å². The van der Waals surface area contributed by atoms with Crippen LogP contribution in [0.2, 0.25) is 0 Å². The minimum absolute atomic E-state index is 0.0780. The Hall–Kier alpha value is -2.74. The topological polar surface area (TPSA) is 88.2 Å². The summed E-state index contributed by atoms with van der Waals surface area (Å²) in [6.07, 6.45) is 10.1. The molecule has 0 radical (unpaired) electrons. The fourth-order valence-electron chi connectivity index (χ4n) is 7.15. The number of nitrogens with one attached hydrogen (secondary N) is 2. The number of hydrogen-bond acceptors (Lipinski definition) is 4. The zero-order chi connectivity index (χ0) is 25.7. The molecule has 37 heavy (non-hydrogen) atoms. The first-order chi connectivity index (χ1) is 17.7. The molecule has 4 aliphatic rings. The molecule has 2 aromatic carbocycles. The number of pyridine rings is 1. The molecule has 4 aliphatic carbocycles. The summed E-state index contributed by atoms with van der Waals surface area (Å²) in [4.78, 5) is 16.6. The Kier molecular flexibility index (Phi) is 6.13. The number of anilines is 1. The Morgan fingerprint density at radius 2 is 1.68 bits per heavy atom. The van der Waals surface area contributed by atoms with Crippen molar-refractivity contribution in [2.75, 3.05) is 5.32 Å². The Morgan fingerprint density at radius 1 is 0.973 bits per heavy atom. The van der Waals surface area contributed by atoms with E-state index in [0.717, 1.165) is 24.8 Å². The van der Waals surface area contributed by atoms with Gasteiger partial charge in [0.1, 0.15) is 0 Å². The predicted octanol–water partition coefficient (Wildman–Crippen LogP) is 5.64. The van der Waals surface area contributed by atoms with E-state index in [1.807, 2.05) is 12.1 Å². The van der Waals surface area contributed by atoms with Crippen molar-refractivity contribution in [3.05, 3.63) is 89.7 Å². The smallest absolute Gasteiger partial charge is 0.255 e. The van der Waals surface area contributed by atoms with Gasteiger partial charge < -0.3 is 5.32 Å². The zero-order valence-electron chi connectivity index (χ0n) is 20.5. The van der Waals surface area contributed by atoms with E-state index in [2.05, 4.69) is 15.0 Å². The van der Waals surface area contributed by atoms with Gasteiger partial charge in [-0.15, -0.1) is 11.6 Å². The minimum Gasteiger partial charge on any atom is -0.321 e. The van der Waals surface area contributed by atoms with Crippen molar-refractivity contribution >= 4 is 33.2 Å². The number of carbonyl (C=O) groups is 1. The number of sulfonamides is 1. The van der Waals surface area contributed by atoms with Gasteiger partial charge in [-0.2, -0.15) is 0 Å². The van der Waals surface area contributed by atoms with E-state index in [1.165, 1.54) is 24.8 Å². The first-order valence-electron chi connectivity index (χ1n) is 12.8. The number of benzene rings is 2. The number of carbonyl (C=O) groups excluding carboxylic acids is 1. The standard InChI is InChI=1S/C29H30ClN3O3S/c30-29-15-21-12-22(16-29)14-28(13-21,19-29)24-7-9-26(10-8-24)37(35,36)32-17-20-3-5-23(6-4-20)27(34)33-25-2-1-11-31-18-25/h1-11,18,21-22,32H,12-17,19H2,(H,33,34). The highest BCUT2D eigenvalue weighted by Gasteiger charge is 2.57. The second-order valence-electron chi connectivity index (χ2n) is 11.1. The van der Waals surface area contributed by atoms with Crippen molar-refractivity contribution < 1.29 is 13.2 Å².